The minimum absolute atomic E-state index is 0.263. The van der Waals surface area contributed by atoms with Crippen LogP contribution in [-0.2, 0) is 14.3 Å². The van der Waals surface area contributed by atoms with E-state index in [0.29, 0.717) is 6.42 Å². The normalized spacial score (nSPS) is 13.2. The van der Waals surface area contributed by atoms with Crippen LogP contribution in [0.2, 0.25) is 0 Å². The second-order valence-corrected chi connectivity index (χ2v) is 8.61. The van der Waals surface area contributed by atoms with Gasteiger partial charge in [0.2, 0.25) is 0 Å². The van der Waals surface area contributed by atoms with E-state index in [9.17, 15) is 19.8 Å². The lowest BCUT2D eigenvalue weighted by Crippen LogP contribution is -2.37. The number of Topliss-reactive ketones (excluding diaryl/α,β-unsaturated/α-hetero) is 1. The van der Waals surface area contributed by atoms with E-state index in [-0.39, 0.29) is 25.2 Å². The van der Waals surface area contributed by atoms with Gasteiger partial charge in [0.05, 0.1) is 0 Å². The Morgan fingerprint density at radius 3 is 1.50 bits per heavy atom. The van der Waals surface area contributed by atoms with Gasteiger partial charge in [-0.15, -0.1) is 0 Å². The summed E-state index contributed by atoms with van der Waals surface area (Å²) in [4.78, 5) is 23.2. The van der Waals surface area contributed by atoms with Crippen LogP contribution in [0.4, 0.5) is 0 Å². The average Bonchev–Trinajstić information content (AvgIpc) is 2.74. The molecule has 178 valence electrons. The Hall–Kier alpha value is -0.940. The van der Waals surface area contributed by atoms with Crippen molar-refractivity contribution in [2.75, 3.05) is 6.61 Å². The number of unbranched alkanes of at least 4 members (excludes halogenated alkanes) is 14. The van der Waals surface area contributed by atoms with Crippen molar-refractivity contribution in [3.63, 3.8) is 0 Å². The largest absolute Gasteiger partial charge is 0.463 e. The lowest BCUT2D eigenvalue weighted by atomic mass is 10.0. The molecule has 0 heterocycles. The summed E-state index contributed by atoms with van der Waals surface area (Å²) in [5, 5.41) is 19.6. The summed E-state index contributed by atoms with van der Waals surface area (Å²) >= 11 is 0. The highest BCUT2D eigenvalue weighted by atomic mass is 16.5. The molecule has 0 rings (SSSR count). The maximum absolute atomic E-state index is 11.9. The molecule has 2 unspecified atom stereocenters. The molecule has 0 radical (unpaired) electrons. The Morgan fingerprint density at radius 2 is 1.07 bits per heavy atom. The van der Waals surface area contributed by atoms with Crippen molar-refractivity contribution in [3.05, 3.63) is 0 Å². The van der Waals surface area contributed by atoms with Gasteiger partial charge in [-0.05, 0) is 12.8 Å². The molecular weight excluding hydrogens is 380 g/mol. The number of hydrogen-bond acceptors (Lipinski definition) is 5. The highest BCUT2D eigenvalue weighted by Gasteiger charge is 2.24. The molecule has 0 amide bonds. The second-order valence-electron chi connectivity index (χ2n) is 8.61. The molecule has 0 fully saturated rings. The third-order valence-electron chi connectivity index (χ3n) is 5.59. The number of ketones is 1. The number of carbonyl (C=O) groups is 2. The fourth-order valence-corrected chi connectivity index (χ4v) is 3.58. The molecule has 0 bridgehead atoms. The molecule has 2 N–H and O–H groups in total. The highest BCUT2D eigenvalue weighted by Crippen LogP contribution is 2.14. The van der Waals surface area contributed by atoms with Crippen molar-refractivity contribution < 1.29 is 24.5 Å². The summed E-state index contributed by atoms with van der Waals surface area (Å²) in [5.74, 6) is -0.789. The topological polar surface area (TPSA) is 83.8 Å². The minimum Gasteiger partial charge on any atom is -0.463 e. The first-order valence-electron chi connectivity index (χ1n) is 12.6. The fraction of sp³-hybridized carbons (Fsp3) is 0.920. The van der Waals surface area contributed by atoms with E-state index in [2.05, 4.69) is 6.92 Å². The van der Waals surface area contributed by atoms with Crippen LogP contribution in [0.1, 0.15) is 129 Å². The molecule has 0 aliphatic heterocycles. The number of hydrogen-bond donors (Lipinski definition) is 2. The quantitative estimate of drug-likeness (QED) is 0.166. The molecule has 0 aromatic carbocycles. The smallest absolute Gasteiger partial charge is 0.305 e. The van der Waals surface area contributed by atoms with Gasteiger partial charge in [-0.3, -0.25) is 9.59 Å². The minimum atomic E-state index is -1.47. The Bertz CT molecular complexity index is 410. The predicted octanol–water partition coefficient (Wildman–Crippen LogP) is 5.88. The van der Waals surface area contributed by atoms with Gasteiger partial charge in [0, 0.05) is 12.8 Å². The molecule has 0 aliphatic rings. The molecule has 0 aromatic rings. The van der Waals surface area contributed by atoms with E-state index in [4.69, 9.17) is 4.74 Å². The molecule has 5 heteroatoms. The van der Waals surface area contributed by atoms with Crippen LogP contribution in [-0.4, -0.2) is 40.8 Å². The third kappa shape index (κ3) is 17.9. The van der Waals surface area contributed by atoms with E-state index in [1.807, 2.05) is 6.92 Å². The van der Waals surface area contributed by atoms with Crippen molar-refractivity contribution in [1.82, 2.24) is 0 Å². The Morgan fingerprint density at radius 1 is 0.633 bits per heavy atom. The number of aliphatic hydroxyl groups is 2. The summed E-state index contributed by atoms with van der Waals surface area (Å²) < 4.78 is 4.85. The SMILES string of the molecule is CCCCCCCCCCCCCCCCCC(=O)C(O)C(O)COC(=O)CCC. The van der Waals surface area contributed by atoms with Crippen molar-refractivity contribution >= 4 is 11.8 Å². The molecule has 2 atom stereocenters. The van der Waals surface area contributed by atoms with E-state index in [0.717, 1.165) is 19.3 Å². The van der Waals surface area contributed by atoms with Gasteiger partial charge in [0.15, 0.2) is 5.78 Å². The molecule has 0 aliphatic carbocycles. The summed E-state index contributed by atoms with van der Waals surface area (Å²) in [5.41, 5.74) is 0. The molecule has 0 spiro atoms. The molecule has 5 nitrogen and oxygen atoms in total. The molecule has 0 aromatic heterocycles. The first-order valence-corrected chi connectivity index (χ1v) is 12.6. The first-order chi connectivity index (χ1) is 14.5. The van der Waals surface area contributed by atoms with Crippen molar-refractivity contribution in [3.8, 4) is 0 Å². The van der Waals surface area contributed by atoms with Gasteiger partial charge < -0.3 is 14.9 Å². The van der Waals surface area contributed by atoms with Crippen LogP contribution in [0.25, 0.3) is 0 Å². The van der Waals surface area contributed by atoms with Crippen LogP contribution in [0, 0.1) is 0 Å². The maximum Gasteiger partial charge on any atom is 0.305 e. The molecule has 0 saturated heterocycles. The Balaban J connectivity index is 3.46. The summed E-state index contributed by atoms with van der Waals surface area (Å²) in [6, 6.07) is 0. The van der Waals surface area contributed by atoms with Gasteiger partial charge in [0.25, 0.3) is 0 Å². The van der Waals surface area contributed by atoms with Crippen LogP contribution < -0.4 is 0 Å². The Kier molecular flexibility index (Phi) is 20.6. The van der Waals surface area contributed by atoms with Crippen LogP contribution in [0.15, 0.2) is 0 Å². The van der Waals surface area contributed by atoms with Gasteiger partial charge in [-0.2, -0.15) is 0 Å². The zero-order chi connectivity index (χ0) is 22.5. The van der Waals surface area contributed by atoms with Crippen molar-refractivity contribution in [2.45, 2.75) is 142 Å². The summed E-state index contributed by atoms with van der Waals surface area (Å²) in [7, 11) is 0. The van der Waals surface area contributed by atoms with Crippen molar-refractivity contribution in [1.29, 1.82) is 0 Å². The van der Waals surface area contributed by atoms with E-state index in [1.54, 1.807) is 0 Å². The van der Waals surface area contributed by atoms with Crippen LogP contribution >= 0.6 is 0 Å². The van der Waals surface area contributed by atoms with Crippen LogP contribution in [0.3, 0.4) is 0 Å². The zero-order valence-electron chi connectivity index (χ0n) is 19.7. The lowest BCUT2D eigenvalue weighted by Gasteiger charge is -2.16. The number of aliphatic hydroxyl groups excluding tert-OH is 2. The lowest BCUT2D eigenvalue weighted by molar-refractivity contribution is -0.152. The average molecular weight is 429 g/mol. The summed E-state index contributed by atoms with van der Waals surface area (Å²) in [6.45, 7) is 3.78. The second kappa shape index (κ2) is 21.3. The van der Waals surface area contributed by atoms with Gasteiger partial charge in [-0.1, -0.05) is 104 Å². The number of ether oxygens (including phenoxy) is 1. The van der Waals surface area contributed by atoms with Gasteiger partial charge in [-0.25, -0.2) is 0 Å². The van der Waals surface area contributed by atoms with E-state index >= 15 is 0 Å². The molecular formula is C25H48O5. The Labute approximate surface area is 185 Å². The third-order valence-corrected chi connectivity index (χ3v) is 5.59. The molecule has 30 heavy (non-hydrogen) atoms. The number of esters is 1. The molecule has 0 saturated carbocycles. The van der Waals surface area contributed by atoms with E-state index < -0.39 is 18.2 Å². The maximum atomic E-state index is 11.9. The number of carbonyl (C=O) groups excluding carboxylic acids is 2. The monoisotopic (exact) mass is 428 g/mol. The van der Waals surface area contributed by atoms with Gasteiger partial charge in [0.1, 0.15) is 18.8 Å². The van der Waals surface area contributed by atoms with Gasteiger partial charge >= 0.3 is 5.97 Å². The summed E-state index contributed by atoms with van der Waals surface area (Å²) in [6.07, 6.45) is 17.3. The van der Waals surface area contributed by atoms with Crippen molar-refractivity contribution in [2.24, 2.45) is 0 Å². The first kappa shape index (κ1) is 29.1. The standard InChI is InChI=1S/C25H48O5/c1-3-5-6-7-8-9-10-11-12-13-14-15-16-17-18-20-22(26)25(29)23(27)21-30-24(28)19-4-2/h23,25,27,29H,3-21H2,1-2H3. The van der Waals surface area contributed by atoms with Crippen LogP contribution in [0.5, 0.6) is 0 Å². The van der Waals surface area contributed by atoms with E-state index in [1.165, 1.54) is 77.0 Å². The zero-order valence-corrected chi connectivity index (χ0v) is 19.7. The fourth-order valence-electron chi connectivity index (χ4n) is 3.58. The predicted molar refractivity (Wildman–Crippen MR) is 122 cm³/mol. The number of rotatable bonds is 22. The highest BCUT2D eigenvalue weighted by molar-refractivity contribution is 5.83.